The van der Waals surface area contributed by atoms with Gasteiger partial charge in [0.2, 0.25) is 17.7 Å². The maximum Gasteiger partial charge on any atom is 0.333 e. The van der Waals surface area contributed by atoms with Gasteiger partial charge in [0.25, 0.3) is 11.8 Å². The summed E-state index contributed by atoms with van der Waals surface area (Å²) in [5.74, 6) is -5.43. The van der Waals surface area contributed by atoms with E-state index in [1.54, 1.807) is 0 Å². The third-order valence-corrected chi connectivity index (χ3v) is 10.9. The Morgan fingerprint density at radius 2 is 0.925 bits per heavy atom. The van der Waals surface area contributed by atoms with E-state index in [-0.39, 0.29) is 50.8 Å². The van der Waals surface area contributed by atoms with Crippen LogP contribution >= 0.6 is 0 Å². The van der Waals surface area contributed by atoms with E-state index in [1.165, 1.54) is 0 Å². The van der Waals surface area contributed by atoms with Crippen LogP contribution in [0.3, 0.4) is 0 Å². The second-order valence-corrected chi connectivity index (χ2v) is 15.7. The van der Waals surface area contributed by atoms with Gasteiger partial charge in [-0.15, -0.1) is 5.06 Å². The molecule has 0 bridgehead atoms. The molecule has 0 spiro atoms. The fourth-order valence-corrected chi connectivity index (χ4v) is 7.11. The highest BCUT2D eigenvalue weighted by atomic mass is 16.7. The fraction of sp³-hybridized carbons (Fsp3) is 0.838. The third kappa shape index (κ3) is 15.4. The van der Waals surface area contributed by atoms with E-state index in [0.29, 0.717) is 0 Å². The van der Waals surface area contributed by atoms with Crippen molar-refractivity contribution in [2.75, 3.05) is 72.4 Å². The number of imide groups is 1. The summed E-state index contributed by atoms with van der Waals surface area (Å²) in [5, 5.41) is 127. The molecular weight excluding hydrogens is 914 g/mol. The van der Waals surface area contributed by atoms with Crippen molar-refractivity contribution in [1.29, 1.82) is 0 Å². The van der Waals surface area contributed by atoms with Crippen molar-refractivity contribution in [3.8, 4) is 0 Å². The van der Waals surface area contributed by atoms with Gasteiger partial charge in [0.15, 0.2) is 18.9 Å². The van der Waals surface area contributed by atoms with Crippen LogP contribution in [0.4, 0.5) is 0 Å². The molecule has 4 heterocycles. The molecule has 16 atom stereocenters. The number of hydrogen-bond donors (Lipinski definition) is 15. The topological polar surface area (TPSA) is 452 Å². The number of nitrogens with zero attached hydrogens (tertiary/aromatic N) is 2. The van der Waals surface area contributed by atoms with Crippen molar-refractivity contribution >= 4 is 35.5 Å². The van der Waals surface area contributed by atoms with Gasteiger partial charge in [0.05, 0.1) is 58.8 Å². The fourth-order valence-electron chi connectivity index (χ4n) is 7.11. The number of aliphatic hydroxyl groups is 12. The summed E-state index contributed by atoms with van der Waals surface area (Å²) in [4.78, 5) is 83.7. The molecule has 5 amide bonds. The first-order chi connectivity index (χ1) is 31.8. The van der Waals surface area contributed by atoms with Crippen molar-refractivity contribution in [2.24, 2.45) is 0 Å². The van der Waals surface area contributed by atoms with Gasteiger partial charge in [-0.05, 0) is 6.42 Å². The van der Waals surface area contributed by atoms with E-state index in [1.807, 2.05) is 0 Å². The van der Waals surface area contributed by atoms with E-state index in [4.69, 9.17) is 33.3 Å². The minimum Gasteiger partial charge on any atom is -0.394 e. The molecule has 15 N–H and O–H groups in total. The average molecular weight is 976 g/mol. The van der Waals surface area contributed by atoms with Gasteiger partial charge in [-0.3, -0.25) is 28.9 Å². The van der Waals surface area contributed by atoms with E-state index in [2.05, 4.69) is 16.0 Å². The zero-order valence-electron chi connectivity index (χ0n) is 35.9. The maximum absolute atomic E-state index is 13.9. The minimum absolute atomic E-state index is 0.221. The lowest BCUT2D eigenvalue weighted by molar-refractivity contribution is -0.300. The lowest BCUT2D eigenvalue weighted by atomic mass is 9.99. The highest BCUT2D eigenvalue weighted by Crippen LogP contribution is 2.24. The zero-order chi connectivity index (χ0) is 49.5. The van der Waals surface area contributed by atoms with Crippen LogP contribution in [0.1, 0.15) is 25.7 Å². The molecule has 0 saturated carbocycles. The van der Waals surface area contributed by atoms with Gasteiger partial charge < -0.3 is 110 Å². The molecule has 0 aliphatic carbocycles. The molecule has 30 nitrogen and oxygen atoms in total. The lowest BCUT2D eigenvalue weighted by Crippen LogP contribution is -2.59. The van der Waals surface area contributed by atoms with Gasteiger partial charge in [0.1, 0.15) is 73.2 Å². The summed E-state index contributed by atoms with van der Waals surface area (Å²) in [6, 6.07) is -1.59. The molecule has 4 fully saturated rings. The summed E-state index contributed by atoms with van der Waals surface area (Å²) in [5.41, 5.74) is 0. The average Bonchev–Trinajstić information content (AvgIpc) is 3.62. The van der Waals surface area contributed by atoms with Crippen molar-refractivity contribution in [2.45, 2.75) is 124 Å². The van der Waals surface area contributed by atoms with Gasteiger partial charge in [-0.25, -0.2) is 4.79 Å². The Kier molecular flexibility index (Phi) is 22.4. The quantitative estimate of drug-likeness (QED) is 0.0298. The molecule has 4 aliphatic heterocycles. The van der Waals surface area contributed by atoms with Crippen molar-refractivity contribution in [3.63, 3.8) is 0 Å². The molecule has 4 aliphatic rings. The second-order valence-electron chi connectivity index (χ2n) is 15.7. The number of carbonyl (C=O) groups excluding carboxylic acids is 6. The van der Waals surface area contributed by atoms with Gasteiger partial charge >= 0.3 is 5.97 Å². The zero-order valence-corrected chi connectivity index (χ0v) is 35.9. The molecule has 0 unspecified atom stereocenters. The predicted molar refractivity (Wildman–Crippen MR) is 210 cm³/mol. The highest BCUT2D eigenvalue weighted by Gasteiger charge is 2.46. The van der Waals surface area contributed by atoms with E-state index in [0.717, 1.165) is 4.90 Å². The highest BCUT2D eigenvalue weighted by molar-refractivity contribution is 6.01. The summed E-state index contributed by atoms with van der Waals surface area (Å²) < 4.78 is 32.0. The largest absolute Gasteiger partial charge is 0.394 e. The van der Waals surface area contributed by atoms with Crippen LogP contribution in [0.2, 0.25) is 0 Å². The first kappa shape index (κ1) is 55.9. The van der Waals surface area contributed by atoms with Gasteiger partial charge in [0, 0.05) is 38.9 Å². The van der Waals surface area contributed by atoms with Crippen molar-refractivity contribution in [3.05, 3.63) is 0 Å². The summed E-state index contributed by atoms with van der Waals surface area (Å²) in [6.45, 7) is -6.00. The van der Waals surface area contributed by atoms with Crippen LogP contribution in [0.15, 0.2) is 0 Å². The molecule has 384 valence electrons. The van der Waals surface area contributed by atoms with Crippen LogP contribution in [0.25, 0.3) is 0 Å². The van der Waals surface area contributed by atoms with Crippen LogP contribution < -0.4 is 16.0 Å². The molecule has 0 radical (unpaired) electrons. The SMILES string of the molecule is O=C(CN(CC(=O)NCCO[C@H]1O[C@H](CO)[C@@H](O)[C@H](O)[C@@H]1O)[C@@H](CCC(=O)ON1C(=O)CCC1=O)C(=O)NCCO[C@H]1O[C@H](CO)[C@@H](O)[C@H](O)[C@@H]1O)NCCO[C@H]1O[C@H](CO)[C@@H](O)[C@H](O)[C@@H]1O. The molecule has 0 aromatic rings. The van der Waals surface area contributed by atoms with Crippen LogP contribution in [0, 0.1) is 0 Å². The second kappa shape index (κ2) is 26.9. The van der Waals surface area contributed by atoms with Gasteiger partial charge in [-0.2, -0.15) is 0 Å². The van der Waals surface area contributed by atoms with E-state index >= 15 is 0 Å². The number of rotatable bonds is 25. The number of nitrogens with one attached hydrogen (secondary N) is 3. The van der Waals surface area contributed by atoms with E-state index < -0.39 is 186 Å². The Labute approximate surface area is 380 Å². The minimum atomic E-state index is -1.78. The maximum atomic E-state index is 13.9. The van der Waals surface area contributed by atoms with Gasteiger partial charge in [-0.1, -0.05) is 0 Å². The van der Waals surface area contributed by atoms with Crippen molar-refractivity contribution in [1.82, 2.24) is 25.9 Å². The number of hydrogen-bond acceptors (Lipinski definition) is 26. The monoisotopic (exact) mass is 975 g/mol. The Bertz CT molecular complexity index is 1560. The first-order valence-corrected chi connectivity index (χ1v) is 21.2. The molecular formula is C37H61N5O25. The summed E-state index contributed by atoms with van der Waals surface area (Å²) in [7, 11) is 0. The third-order valence-electron chi connectivity index (χ3n) is 10.9. The Hall–Kier alpha value is -3.74. The number of amides is 5. The summed E-state index contributed by atoms with van der Waals surface area (Å²) >= 11 is 0. The number of hydroxylamine groups is 2. The lowest BCUT2D eigenvalue weighted by Gasteiger charge is -2.39. The van der Waals surface area contributed by atoms with Crippen LogP contribution in [-0.4, -0.2) is 277 Å². The molecule has 0 aromatic carbocycles. The van der Waals surface area contributed by atoms with E-state index in [9.17, 15) is 90.0 Å². The first-order valence-electron chi connectivity index (χ1n) is 21.2. The number of carbonyl (C=O) groups is 6. The van der Waals surface area contributed by atoms with Crippen LogP contribution in [0.5, 0.6) is 0 Å². The standard InChI is InChI=1S/C37H61N5O25/c43-13-17-25(51)28(54)31(57)35(64-17)61-8-5-38-20(46)11-41(12-21(47)39-6-9-62-36-32(58)29(55)26(52)18(14-44)65-36)16(1-4-24(50)67-42-22(48)2-3-23(42)49)34(60)40-7-10-63-37-33(59)30(56)27(53)19(15-45)66-37/h16-19,25-33,35-37,43-45,51-59H,1-15H2,(H,38,46)(H,39,47)(H,40,60)/t16-,17+,18+,19+,25+,26+,27+,28-,29-,30-,31-,32-,33-,35-,36-,37-/m0/s1. The Morgan fingerprint density at radius 1 is 0.567 bits per heavy atom. The van der Waals surface area contributed by atoms with Crippen LogP contribution in [-0.2, 0) is 62.0 Å². The Morgan fingerprint density at radius 3 is 1.28 bits per heavy atom. The smallest absolute Gasteiger partial charge is 0.333 e. The van der Waals surface area contributed by atoms with Crippen molar-refractivity contribution < 1.29 is 123 Å². The number of aliphatic hydroxyl groups excluding tert-OH is 12. The summed E-state index contributed by atoms with van der Waals surface area (Å²) in [6.07, 6.45) is -25.7. The predicted octanol–water partition coefficient (Wildman–Crippen LogP) is -11.2. The number of ether oxygens (including phenoxy) is 6. The molecule has 4 rings (SSSR count). The Balaban J connectivity index is 1.46. The normalized spacial score (nSPS) is 33.9. The molecule has 0 aromatic heterocycles. The molecule has 67 heavy (non-hydrogen) atoms. The molecule has 30 heteroatoms. The molecule has 4 saturated heterocycles.